The molecule has 0 atom stereocenters. The molecule has 2 rings (SSSR count). The van der Waals surface area contributed by atoms with E-state index in [1.54, 1.807) is 7.05 Å². The first-order valence-corrected chi connectivity index (χ1v) is 5.13. The van der Waals surface area contributed by atoms with Crippen molar-refractivity contribution in [3.8, 4) is 0 Å². The van der Waals surface area contributed by atoms with Gasteiger partial charge in [-0.15, -0.1) is 0 Å². The smallest absolute Gasteiger partial charge is 0.261 e. The molecule has 0 unspecified atom stereocenters. The summed E-state index contributed by atoms with van der Waals surface area (Å²) in [5.41, 5.74) is 1.70. The molecule has 1 aromatic heterocycles. The average Bonchev–Trinajstić information content (AvgIpc) is 2.26. The van der Waals surface area contributed by atoms with Gasteiger partial charge < -0.3 is 4.57 Å². The Bertz CT molecular complexity index is 638. The molecule has 0 fully saturated rings. The van der Waals surface area contributed by atoms with Crippen molar-refractivity contribution >= 4 is 16.7 Å². The third-order valence-electron chi connectivity index (χ3n) is 2.91. The number of aryl methyl sites for hydroxylation is 2. The first-order chi connectivity index (χ1) is 7.54. The van der Waals surface area contributed by atoms with Crippen LogP contribution in [-0.4, -0.2) is 10.4 Å². The Labute approximate surface area is 93.3 Å². The summed E-state index contributed by atoms with van der Waals surface area (Å²) < 4.78 is 1.53. The van der Waals surface area contributed by atoms with E-state index in [2.05, 4.69) is 0 Å². The molecule has 0 N–H and O–H groups in total. The van der Waals surface area contributed by atoms with Gasteiger partial charge in [0.1, 0.15) is 0 Å². The molecule has 0 saturated carbocycles. The molecule has 0 spiro atoms. The van der Waals surface area contributed by atoms with Gasteiger partial charge in [-0.2, -0.15) is 0 Å². The fraction of sp³-hybridized carbons (Fsp3) is 0.231. The van der Waals surface area contributed by atoms with Crippen LogP contribution in [0.2, 0.25) is 0 Å². The maximum Gasteiger partial charge on any atom is 0.261 e. The number of hydrogen-bond donors (Lipinski definition) is 0. The lowest BCUT2D eigenvalue weighted by Gasteiger charge is -2.10. The highest BCUT2D eigenvalue weighted by atomic mass is 16.1. The van der Waals surface area contributed by atoms with Gasteiger partial charge in [0.2, 0.25) is 0 Å². The van der Waals surface area contributed by atoms with Crippen LogP contribution in [0.15, 0.2) is 29.1 Å². The van der Waals surface area contributed by atoms with Gasteiger partial charge in [-0.1, -0.05) is 18.2 Å². The van der Waals surface area contributed by atoms with Crippen LogP contribution in [0.3, 0.4) is 0 Å². The van der Waals surface area contributed by atoms with Crippen molar-refractivity contribution in [2.45, 2.75) is 13.8 Å². The van der Waals surface area contributed by atoms with Crippen molar-refractivity contribution in [2.75, 3.05) is 0 Å². The van der Waals surface area contributed by atoms with Crippen LogP contribution in [-0.2, 0) is 7.05 Å². The first kappa shape index (κ1) is 10.6. The molecule has 16 heavy (non-hydrogen) atoms. The number of Topliss-reactive ketones (excluding diaryl/α,β-unsaturated/α-hetero) is 1. The van der Waals surface area contributed by atoms with E-state index < -0.39 is 0 Å². The van der Waals surface area contributed by atoms with E-state index in [1.807, 2.05) is 31.2 Å². The molecular formula is C13H13NO2. The molecule has 0 aliphatic rings. The van der Waals surface area contributed by atoms with Crippen LogP contribution in [0.1, 0.15) is 22.8 Å². The van der Waals surface area contributed by atoms with E-state index in [4.69, 9.17) is 0 Å². The third-order valence-corrected chi connectivity index (χ3v) is 2.91. The molecule has 0 saturated heterocycles. The monoisotopic (exact) mass is 215 g/mol. The molecule has 0 aliphatic heterocycles. The Balaban J connectivity index is 3.07. The van der Waals surface area contributed by atoms with Crippen LogP contribution < -0.4 is 5.56 Å². The van der Waals surface area contributed by atoms with Gasteiger partial charge in [-0.05, 0) is 25.5 Å². The van der Waals surface area contributed by atoms with E-state index in [0.717, 1.165) is 16.5 Å². The van der Waals surface area contributed by atoms with Crippen LogP contribution in [0, 0.1) is 6.92 Å². The van der Waals surface area contributed by atoms with Crippen molar-refractivity contribution < 1.29 is 4.79 Å². The summed E-state index contributed by atoms with van der Waals surface area (Å²) >= 11 is 0. The number of carbonyl (C=O) groups excluding carboxylic acids is 1. The van der Waals surface area contributed by atoms with Crippen LogP contribution >= 0.6 is 0 Å². The Hall–Kier alpha value is -1.90. The van der Waals surface area contributed by atoms with Gasteiger partial charge in [0, 0.05) is 12.4 Å². The number of pyridine rings is 1. The third kappa shape index (κ3) is 1.36. The number of fused-ring (bicyclic) bond motifs is 1. The van der Waals surface area contributed by atoms with Gasteiger partial charge in [0.25, 0.3) is 5.56 Å². The minimum Gasteiger partial charge on any atom is -0.311 e. The van der Waals surface area contributed by atoms with Crippen molar-refractivity contribution in [1.82, 2.24) is 4.57 Å². The zero-order valence-corrected chi connectivity index (χ0v) is 9.57. The summed E-state index contributed by atoms with van der Waals surface area (Å²) in [7, 11) is 1.69. The normalized spacial score (nSPS) is 10.7. The average molecular weight is 215 g/mol. The summed E-state index contributed by atoms with van der Waals surface area (Å²) in [5.74, 6) is -0.177. The molecule has 3 heteroatoms. The van der Waals surface area contributed by atoms with Gasteiger partial charge >= 0.3 is 0 Å². The topological polar surface area (TPSA) is 39.1 Å². The second kappa shape index (κ2) is 3.59. The van der Waals surface area contributed by atoms with E-state index in [9.17, 15) is 9.59 Å². The number of aromatic nitrogens is 1. The number of hydrogen-bond acceptors (Lipinski definition) is 2. The lowest BCUT2D eigenvalue weighted by atomic mass is 10.0. The maximum absolute atomic E-state index is 12.0. The van der Waals surface area contributed by atoms with Crippen molar-refractivity contribution in [3.05, 3.63) is 45.7 Å². The number of nitrogens with zero attached hydrogens (tertiary/aromatic N) is 1. The van der Waals surface area contributed by atoms with E-state index >= 15 is 0 Å². The maximum atomic E-state index is 12.0. The molecule has 0 radical (unpaired) electrons. The second-order valence-corrected chi connectivity index (χ2v) is 3.94. The first-order valence-electron chi connectivity index (χ1n) is 5.13. The number of benzene rings is 1. The summed E-state index contributed by atoms with van der Waals surface area (Å²) in [6, 6.07) is 7.60. The number of para-hydroxylation sites is 1. The molecule has 0 aliphatic carbocycles. The predicted octanol–water partition coefficient (Wildman–Crippen LogP) is 2.05. The highest BCUT2D eigenvalue weighted by molar-refractivity contribution is 5.99. The van der Waals surface area contributed by atoms with Gasteiger partial charge in [0.15, 0.2) is 5.78 Å². The minimum atomic E-state index is -0.219. The van der Waals surface area contributed by atoms with E-state index in [0.29, 0.717) is 5.56 Å². The summed E-state index contributed by atoms with van der Waals surface area (Å²) in [6.07, 6.45) is 0. The molecule has 1 aromatic carbocycles. The summed E-state index contributed by atoms with van der Waals surface area (Å²) in [6.45, 7) is 3.25. The van der Waals surface area contributed by atoms with Crippen LogP contribution in [0.5, 0.6) is 0 Å². The highest BCUT2D eigenvalue weighted by Gasteiger charge is 2.14. The SMILES string of the molecule is CC(=O)c1c(C)c2ccccc2n(C)c1=O. The number of ketones is 1. The van der Waals surface area contributed by atoms with Gasteiger partial charge in [-0.25, -0.2) is 0 Å². The summed E-state index contributed by atoms with van der Waals surface area (Å²) in [5, 5.41) is 0.954. The van der Waals surface area contributed by atoms with Gasteiger partial charge in [0.05, 0.1) is 11.1 Å². The number of carbonyl (C=O) groups is 1. The number of rotatable bonds is 1. The van der Waals surface area contributed by atoms with Crippen molar-refractivity contribution in [2.24, 2.45) is 7.05 Å². The molecular weight excluding hydrogens is 202 g/mol. The molecule has 1 heterocycles. The Morgan fingerprint density at radius 1 is 1.25 bits per heavy atom. The fourth-order valence-corrected chi connectivity index (χ4v) is 2.07. The molecule has 0 amide bonds. The van der Waals surface area contributed by atoms with E-state index in [1.165, 1.54) is 11.5 Å². The molecule has 2 aromatic rings. The van der Waals surface area contributed by atoms with Crippen LogP contribution in [0.4, 0.5) is 0 Å². The lowest BCUT2D eigenvalue weighted by Crippen LogP contribution is -2.25. The molecule has 0 bridgehead atoms. The predicted molar refractivity (Wildman–Crippen MR) is 63.9 cm³/mol. The molecule has 3 nitrogen and oxygen atoms in total. The lowest BCUT2D eigenvalue weighted by molar-refractivity contribution is 0.101. The standard InChI is InChI=1S/C13H13NO2/c1-8-10-6-4-5-7-11(10)14(3)13(16)12(8)9(2)15/h4-7H,1-3H3. The zero-order valence-electron chi connectivity index (χ0n) is 9.57. The summed E-state index contributed by atoms with van der Waals surface area (Å²) in [4.78, 5) is 23.5. The zero-order chi connectivity index (χ0) is 11.9. The van der Waals surface area contributed by atoms with Crippen LogP contribution in [0.25, 0.3) is 10.9 Å². The fourth-order valence-electron chi connectivity index (χ4n) is 2.07. The van der Waals surface area contributed by atoms with E-state index in [-0.39, 0.29) is 11.3 Å². The second-order valence-electron chi connectivity index (χ2n) is 3.94. The Morgan fingerprint density at radius 2 is 1.88 bits per heavy atom. The van der Waals surface area contributed by atoms with Crippen molar-refractivity contribution in [1.29, 1.82) is 0 Å². The Morgan fingerprint density at radius 3 is 2.50 bits per heavy atom. The Kier molecular flexibility index (Phi) is 2.38. The quantitative estimate of drug-likeness (QED) is 0.683. The van der Waals surface area contributed by atoms with Crippen molar-refractivity contribution in [3.63, 3.8) is 0 Å². The minimum absolute atomic E-state index is 0.177. The molecule has 82 valence electrons. The van der Waals surface area contributed by atoms with Gasteiger partial charge in [-0.3, -0.25) is 9.59 Å². The highest BCUT2D eigenvalue weighted by Crippen LogP contribution is 2.18. The largest absolute Gasteiger partial charge is 0.311 e.